The molecule has 5 nitrogen and oxygen atoms in total. The van der Waals surface area contributed by atoms with E-state index in [0.29, 0.717) is 19.4 Å². The first-order valence-electron chi connectivity index (χ1n) is 5.97. The summed E-state index contributed by atoms with van der Waals surface area (Å²) in [6.45, 7) is 4.44. The van der Waals surface area contributed by atoms with E-state index in [2.05, 4.69) is 17.2 Å². The van der Waals surface area contributed by atoms with Crippen molar-refractivity contribution < 1.29 is 14.7 Å². The predicted molar refractivity (Wildman–Crippen MR) is 64.6 cm³/mol. The molecule has 0 atom stereocenters. The number of rotatable bonds is 6. The topological polar surface area (TPSA) is 78.4 Å². The first kappa shape index (κ1) is 13.7. The lowest BCUT2D eigenvalue weighted by Crippen LogP contribution is -2.42. The quantitative estimate of drug-likeness (QED) is 0.467. The van der Waals surface area contributed by atoms with Crippen molar-refractivity contribution in [1.29, 1.82) is 0 Å². The number of nitrogens with one attached hydrogen (secondary N) is 2. The van der Waals surface area contributed by atoms with E-state index >= 15 is 0 Å². The van der Waals surface area contributed by atoms with E-state index in [0.717, 1.165) is 12.8 Å². The van der Waals surface area contributed by atoms with Crippen LogP contribution in [0.4, 0.5) is 0 Å². The van der Waals surface area contributed by atoms with Gasteiger partial charge < -0.3 is 15.7 Å². The molecule has 0 saturated heterocycles. The lowest BCUT2D eigenvalue weighted by Gasteiger charge is -2.26. The molecule has 17 heavy (non-hydrogen) atoms. The first-order chi connectivity index (χ1) is 8.13. The Labute approximate surface area is 101 Å². The van der Waals surface area contributed by atoms with Crippen LogP contribution in [-0.4, -0.2) is 36.1 Å². The molecule has 1 rings (SSSR count). The van der Waals surface area contributed by atoms with Crippen LogP contribution in [0.25, 0.3) is 0 Å². The van der Waals surface area contributed by atoms with Gasteiger partial charge in [0.05, 0.1) is 12.5 Å². The fraction of sp³-hybridized carbons (Fsp3) is 0.667. The van der Waals surface area contributed by atoms with E-state index < -0.39 is 5.97 Å². The molecule has 0 bridgehead atoms. The van der Waals surface area contributed by atoms with Gasteiger partial charge in [-0.2, -0.15) is 0 Å². The molecular weight excluding hydrogens is 220 g/mol. The Morgan fingerprint density at radius 3 is 2.47 bits per heavy atom. The van der Waals surface area contributed by atoms with Gasteiger partial charge in [-0.1, -0.05) is 6.08 Å². The summed E-state index contributed by atoms with van der Waals surface area (Å²) < 4.78 is 0. The third-order valence-corrected chi connectivity index (χ3v) is 3.02. The minimum absolute atomic E-state index is 0.0365. The summed E-state index contributed by atoms with van der Waals surface area (Å²) in [6.07, 6.45) is 4.51. The average Bonchev–Trinajstić information content (AvgIpc) is 2.30. The van der Waals surface area contributed by atoms with Crippen LogP contribution in [0.1, 0.15) is 25.7 Å². The van der Waals surface area contributed by atoms with Crippen LogP contribution in [0.5, 0.6) is 0 Å². The molecule has 0 aromatic carbocycles. The molecule has 0 aromatic heterocycles. The minimum Gasteiger partial charge on any atom is -0.481 e. The monoisotopic (exact) mass is 240 g/mol. The van der Waals surface area contributed by atoms with Gasteiger partial charge in [-0.05, 0) is 25.7 Å². The lowest BCUT2D eigenvalue weighted by molar-refractivity contribution is -0.142. The number of carbonyl (C=O) groups excluding carboxylic acids is 1. The van der Waals surface area contributed by atoms with Crippen molar-refractivity contribution in [3.63, 3.8) is 0 Å². The van der Waals surface area contributed by atoms with Crippen LogP contribution in [-0.2, 0) is 9.59 Å². The molecule has 0 spiro atoms. The molecule has 1 fully saturated rings. The Morgan fingerprint density at radius 2 is 1.94 bits per heavy atom. The maximum atomic E-state index is 11.5. The van der Waals surface area contributed by atoms with Crippen molar-refractivity contribution in [2.45, 2.75) is 31.7 Å². The van der Waals surface area contributed by atoms with Crippen molar-refractivity contribution in [2.75, 3.05) is 13.1 Å². The molecule has 1 aliphatic rings. The van der Waals surface area contributed by atoms with Crippen LogP contribution in [0.15, 0.2) is 12.7 Å². The number of aliphatic carboxylic acids is 1. The fourth-order valence-electron chi connectivity index (χ4n) is 2.05. The zero-order valence-corrected chi connectivity index (χ0v) is 9.95. The Morgan fingerprint density at radius 1 is 1.29 bits per heavy atom. The number of hydrogen-bond donors (Lipinski definition) is 3. The highest BCUT2D eigenvalue weighted by Crippen LogP contribution is 2.24. The molecule has 1 aliphatic carbocycles. The standard InChI is InChI=1S/C12H20N2O3/c1-2-7-13-8-11(15)14-10-5-3-9(4-6-10)12(16)17/h2,9-10,13H,1,3-8H2,(H,14,15)(H,16,17). The van der Waals surface area contributed by atoms with Gasteiger partial charge in [0.2, 0.25) is 5.91 Å². The van der Waals surface area contributed by atoms with Crippen LogP contribution < -0.4 is 10.6 Å². The summed E-state index contributed by atoms with van der Waals surface area (Å²) in [5, 5.41) is 14.7. The van der Waals surface area contributed by atoms with E-state index in [1.165, 1.54) is 0 Å². The molecular formula is C12H20N2O3. The summed E-state index contributed by atoms with van der Waals surface area (Å²) in [4.78, 5) is 22.2. The molecule has 1 saturated carbocycles. The van der Waals surface area contributed by atoms with E-state index in [4.69, 9.17) is 5.11 Å². The predicted octanol–water partition coefficient (Wildman–Crippen LogP) is 0.522. The summed E-state index contributed by atoms with van der Waals surface area (Å²) in [5.41, 5.74) is 0. The molecule has 0 aromatic rings. The number of amides is 1. The van der Waals surface area contributed by atoms with Gasteiger partial charge >= 0.3 is 5.97 Å². The Kier molecular flexibility index (Phi) is 5.69. The van der Waals surface area contributed by atoms with Gasteiger partial charge in [0.15, 0.2) is 0 Å². The Hall–Kier alpha value is -1.36. The smallest absolute Gasteiger partial charge is 0.306 e. The van der Waals surface area contributed by atoms with Crippen LogP contribution in [0, 0.1) is 5.92 Å². The molecule has 3 N–H and O–H groups in total. The highest BCUT2D eigenvalue weighted by Gasteiger charge is 2.26. The molecule has 0 unspecified atom stereocenters. The van der Waals surface area contributed by atoms with E-state index in [1.54, 1.807) is 6.08 Å². The van der Waals surface area contributed by atoms with Crippen molar-refractivity contribution in [3.05, 3.63) is 12.7 Å². The van der Waals surface area contributed by atoms with Gasteiger partial charge in [0.25, 0.3) is 0 Å². The van der Waals surface area contributed by atoms with Gasteiger partial charge in [-0.15, -0.1) is 6.58 Å². The van der Waals surface area contributed by atoms with Crippen LogP contribution in [0.3, 0.4) is 0 Å². The largest absolute Gasteiger partial charge is 0.481 e. The zero-order chi connectivity index (χ0) is 12.7. The Bertz CT molecular complexity index is 283. The second-order valence-corrected chi connectivity index (χ2v) is 4.37. The van der Waals surface area contributed by atoms with Crippen molar-refractivity contribution >= 4 is 11.9 Å². The number of hydrogen-bond acceptors (Lipinski definition) is 3. The number of carboxylic acid groups (broad SMARTS) is 1. The number of carbonyl (C=O) groups is 2. The fourth-order valence-corrected chi connectivity index (χ4v) is 2.05. The molecule has 0 aliphatic heterocycles. The van der Waals surface area contributed by atoms with E-state index in [9.17, 15) is 9.59 Å². The summed E-state index contributed by atoms with van der Waals surface area (Å²) in [5.74, 6) is -0.991. The second kappa shape index (κ2) is 7.06. The summed E-state index contributed by atoms with van der Waals surface area (Å²) in [6, 6.07) is 0.128. The maximum absolute atomic E-state index is 11.5. The highest BCUT2D eigenvalue weighted by atomic mass is 16.4. The third kappa shape index (κ3) is 4.99. The molecule has 0 heterocycles. The van der Waals surface area contributed by atoms with Crippen molar-refractivity contribution in [2.24, 2.45) is 5.92 Å². The maximum Gasteiger partial charge on any atom is 0.306 e. The highest BCUT2D eigenvalue weighted by molar-refractivity contribution is 5.78. The SMILES string of the molecule is C=CCNCC(=O)NC1CCC(C(=O)O)CC1. The molecule has 1 amide bonds. The molecule has 96 valence electrons. The van der Waals surface area contributed by atoms with Crippen LogP contribution in [0.2, 0.25) is 0 Å². The first-order valence-corrected chi connectivity index (χ1v) is 5.97. The van der Waals surface area contributed by atoms with Gasteiger partial charge in [-0.3, -0.25) is 9.59 Å². The summed E-state index contributed by atoms with van der Waals surface area (Å²) in [7, 11) is 0. The van der Waals surface area contributed by atoms with Gasteiger partial charge in [0.1, 0.15) is 0 Å². The lowest BCUT2D eigenvalue weighted by atomic mass is 9.86. The third-order valence-electron chi connectivity index (χ3n) is 3.02. The van der Waals surface area contributed by atoms with E-state index in [1.807, 2.05) is 0 Å². The second-order valence-electron chi connectivity index (χ2n) is 4.37. The van der Waals surface area contributed by atoms with Crippen molar-refractivity contribution in [1.82, 2.24) is 10.6 Å². The number of carboxylic acids is 1. The van der Waals surface area contributed by atoms with Gasteiger partial charge in [0, 0.05) is 12.6 Å². The average molecular weight is 240 g/mol. The normalized spacial score (nSPS) is 24.0. The Balaban J connectivity index is 2.19. The van der Waals surface area contributed by atoms with Crippen LogP contribution >= 0.6 is 0 Å². The zero-order valence-electron chi connectivity index (χ0n) is 9.95. The van der Waals surface area contributed by atoms with Gasteiger partial charge in [-0.25, -0.2) is 0 Å². The molecule has 0 radical (unpaired) electrons. The minimum atomic E-state index is -0.720. The van der Waals surface area contributed by atoms with Crippen molar-refractivity contribution in [3.8, 4) is 0 Å². The summed E-state index contributed by atoms with van der Waals surface area (Å²) >= 11 is 0. The van der Waals surface area contributed by atoms with E-state index in [-0.39, 0.29) is 24.4 Å². The molecule has 5 heteroatoms.